The van der Waals surface area contributed by atoms with Crippen LogP contribution in [0.2, 0.25) is 5.02 Å². The molecule has 5 rings (SSSR count). The molecule has 0 amide bonds. The van der Waals surface area contributed by atoms with E-state index in [1.165, 1.54) is 19.3 Å². The number of halogens is 1. The quantitative estimate of drug-likeness (QED) is 0.843. The number of rotatable bonds is 2. The first-order valence-electron chi connectivity index (χ1n) is 8.11. The van der Waals surface area contributed by atoms with Crippen molar-refractivity contribution >= 4 is 22.4 Å². The van der Waals surface area contributed by atoms with Crippen LogP contribution in [0.25, 0.3) is 10.8 Å². The van der Waals surface area contributed by atoms with Crippen molar-refractivity contribution in [1.29, 1.82) is 0 Å². The zero-order valence-corrected chi connectivity index (χ0v) is 12.6. The number of benzene rings is 2. The van der Waals surface area contributed by atoms with E-state index in [0.29, 0.717) is 5.92 Å². The van der Waals surface area contributed by atoms with Crippen LogP contribution in [-0.4, -0.2) is 5.11 Å². The average Bonchev–Trinajstić information content (AvgIpc) is 2.95. The number of aliphatic hydroxyl groups excluding tert-OH is 1. The molecule has 1 nitrogen and oxygen atoms in total. The molecular formula is C19H19ClO. The zero-order chi connectivity index (χ0) is 14.1. The molecule has 0 saturated heterocycles. The predicted octanol–water partition coefficient (Wildman–Crippen LogP) is 4.82. The lowest BCUT2D eigenvalue weighted by Crippen LogP contribution is -2.09. The van der Waals surface area contributed by atoms with Gasteiger partial charge in [-0.3, -0.25) is 0 Å². The minimum atomic E-state index is -0.314. The van der Waals surface area contributed by atoms with E-state index in [2.05, 4.69) is 6.07 Å². The molecule has 108 valence electrons. The van der Waals surface area contributed by atoms with E-state index < -0.39 is 0 Å². The largest absolute Gasteiger partial charge is 0.388 e. The van der Waals surface area contributed by atoms with Gasteiger partial charge in [0.2, 0.25) is 0 Å². The third-order valence-corrected chi connectivity index (χ3v) is 6.71. The molecule has 2 aromatic rings. The third-order valence-electron chi connectivity index (χ3n) is 6.38. The van der Waals surface area contributed by atoms with E-state index in [-0.39, 0.29) is 6.10 Å². The maximum absolute atomic E-state index is 11.0. The van der Waals surface area contributed by atoms with Crippen LogP contribution in [0, 0.1) is 29.6 Å². The molecule has 3 aliphatic rings. The molecule has 2 aromatic carbocycles. The summed E-state index contributed by atoms with van der Waals surface area (Å²) >= 11 is 6.30. The molecule has 3 saturated carbocycles. The Balaban J connectivity index is 1.55. The summed E-state index contributed by atoms with van der Waals surface area (Å²) in [5, 5.41) is 13.9. The Labute approximate surface area is 129 Å². The van der Waals surface area contributed by atoms with Crippen LogP contribution in [0.15, 0.2) is 36.4 Å². The molecule has 0 aromatic heterocycles. The van der Waals surface area contributed by atoms with Crippen LogP contribution in [0.4, 0.5) is 0 Å². The number of hydrogen-bond acceptors (Lipinski definition) is 1. The lowest BCUT2D eigenvalue weighted by molar-refractivity contribution is 0.131. The summed E-state index contributed by atoms with van der Waals surface area (Å²) in [4.78, 5) is 0. The third kappa shape index (κ3) is 1.62. The van der Waals surface area contributed by atoms with Gasteiger partial charge in [0.25, 0.3) is 0 Å². The summed E-state index contributed by atoms with van der Waals surface area (Å²) in [6.07, 6.45) is 3.91. The van der Waals surface area contributed by atoms with Crippen LogP contribution in [-0.2, 0) is 0 Å². The Morgan fingerprint density at radius 2 is 1.62 bits per heavy atom. The number of hydrogen-bond donors (Lipinski definition) is 1. The van der Waals surface area contributed by atoms with Gasteiger partial charge in [-0.2, -0.15) is 0 Å². The summed E-state index contributed by atoms with van der Waals surface area (Å²) in [6.45, 7) is 0. The second kappa shape index (κ2) is 4.24. The highest BCUT2D eigenvalue weighted by Crippen LogP contribution is 2.72. The Bertz CT molecular complexity index is 709. The Morgan fingerprint density at radius 1 is 0.952 bits per heavy atom. The highest BCUT2D eigenvalue weighted by atomic mass is 35.5. The highest BCUT2D eigenvalue weighted by Gasteiger charge is 2.66. The normalized spacial score (nSPS) is 37.7. The second-order valence-electron chi connectivity index (χ2n) is 7.19. The van der Waals surface area contributed by atoms with Crippen LogP contribution in [0.5, 0.6) is 0 Å². The number of aliphatic hydroxyl groups is 1. The van der Waals surface area contributed by atoms with Crippen LogP contribution in [0.3, 0.4) is 0 Å². The summed E-state index contributed by atoms with van der Waals surface area (Å²) in [5.74, 6) is 3.90. The first kappa shape index (κ1) is 12.5. The summed E-state index contributed by atoms with van der Waals surface area (Å²) in [6, 6.07) is 12.2. The summed E-state index contributed by atoms with van der Waals surface area (Å²) < 4.78 is 0. The monoisotopic (exact) mass is 298 g/mol. The fraction of sp³-hybridized carbons (Fsp3) is 0.474. The average molecular weight is 299 g/mol. The molecule has 2 heteroatoms. The molecule has 0 heterocycles. The Hall–Kier alpha value is -1.05. The van der Waals surface area contributed by atoms with Gasteiger partial charge in [0, 0.05) is 10.4 Å². The van der Waals surface area contributed by atoms with E-state index in [0.717, 1.165) is 45.0 Å². The van der Waals surface area contributed by atoms with E-state index in [9.17, 15) is 5.11 Å². The Kier molecular flexibility index (Phi) is 2.52. The summed E-state index contributed by atoms with van der Waals surface area (Å²) in [7, 11) is 0. The van der Waals surface area contributed by atoms with Crippen molar-refractivity contribution in [1.82, 2.24) is 0 Å². The molecule has 21 heavy (non-hydrogen) atoms. The van der Waals surface area contributed by atoms with Gasteiger partial charge in [-0.05, 0) is 65.9 Å². The smallest absolute Gasteiger partial charge is 0.0829 e. The van der Waals surface area contributed by atoms with Gasteiger partial charge in [-0.25, -0.2) is 0 Å². The molecule has 3 fully saturated rings. The van der Waals surface area contributed by atoms with Crippen molar-refractivity contribution in [3.8, 4) is 0 Å². The molecule has 0 aliphatic heterocycles. The molecular weight excluding hydrogens is 280 g/mol. The van der Waals surface area contributed by atoms with Gasteiger partial charge in [-0.1, -0.05) is 41.9 Å². The van der Waals surface area contributed by atoms with Gasteiger partial charge >= 0.3 is 0 Å². The minimum absolute atomic E-state index is 0.314. The van der Waals surface area contributed by atoms with Gasteiger partial charge in [0.05, 0.1) is 6.10 Å². The second-order valence-corrected chi connectivity index (χ2v) is 7.60. The standard InChI is InChI=1S/C19H19ClO/c20-15-8-7-14(12-3-1-2-4-13(12)15)19(21)18-16-10-5-6-11(9-10)17(16)18/h1-4,7-8,10-11,16-19,21H,5-6,9H2. The maximum atomic E-state index is 11.0. The van der Waals surface area contributed by atoms with Crippen molar-refractivity contribution < 1.29 is 5.11 Å². The van der Waals surface area contributed by atoms with Crippen molar-refractivity contribution in [3.05, 3.63) is 47.0 Å². The molecule has 3 aliphatic carbocycles. The molecule has 5 atom stereocenters. The number of fused-ring (bicyclic) bond motifs is 6. The zero-order valence-electron chi connectivity index (χ0n) is 11.9. The van der Waals surface area contributed by atoms with E-state index in [4.69, 9.17) is 11.6 Å². The fourth-order valence-electron chi connectivity index (χ4n) is 5.57. The SMILES string of the molecule is OC(c1ccc(Cl)c2ccccc12)C1C2C3CCC(C3)C21. The van der Waals surface area contributed by atoms with E-state index in [1.54, 1.807) is 0 Å². The molecule has 1 N–H and O–H groups in total. The van der Waals surface area contributed by atoms with E-state index >= 15 is 0 Å². The minimum Gasteiger partial charge on any atom is -0.388 e. The van der Waals surface area contributed by atoms with E-state index in [1.807, 2.05) is 30.3 Å². The van der Waals surface area contributed by atoms with Crippen LogP contribution < -0.4 is 0 Å². The lowest BCUT2D eigenvalue weighted by atomic mass is 9.92. The van der Waals surface area contributed by atoms with Crippen molar-refractivity contribution in [3.63, 3.8) is 0 Å². The fourth-order valence-corrected chi connectivity index (χ4v) is 5.79. The Morgan fingerprint density at radius 3 is 2.33 bits per heavy atom. The maximum Gasteiger partial charge on any atom is 0.0829 e. The van der Waals surface area contributed by atoms with Gasteiger partial charge in [-0.15, -0.1) is 0 Å². The topological polar surface area (TPSA) is 20.2 Å². The summed E-state index contributed by atoms with van der Waals surface area (Å²) in [5.41, 5.74) is 1.08. The molecule has 0 radical (unpaired) electrons. The molecule has 2 bridgehead atoms. The van der Waals surface area contributed by atoms with Crippen LogP contribution >= 0.6 is 11.6 Å². The van der Waals surface area contributed by atoms with Crippen molar-refractivity contribution in [2.45, 2.75) is 25.4 Å². The van der Waals surface area contributed by atoms with Crippen molar-refractivity contribution in [2.75, 3.05) is 0 Å². The first-order valence-corrected chi connectivity index (χ1v) is 8.48. The first-order chi connectivity index (χ1) is 10.3. The van der Waals surface area contributed by atoms with Crippen LogP contribution in [0.1, 0.15) is 30.9 Å². The van der Waals surface area contributed by atoms with Crippen molar-refractivity contribution in [2.24, 2.45) is 29.6 Å². The highest BCUT2D eigenvalue weighted by molar-refractivity contribution is 6.35. The molecule has 0 spiro atoms. The predicted molar refractivity (Wildman–Crippen MR) is 85.2 cm³/mol. The lowest BCUT2D eigenvalue weighted by Gasteiger charge is -2.18. The van der Waals surface area contributed by atoms with Gasteiger partial charge < -0.3 is 5.11 Å². The van der Waals surface area contributed by atoms with Gasteiger partial charge in [0.1, 0.15) is 0 Å². The molecule has 5 unspecified atom stereocenters. The van der Waals surface area contributed by atoms with Gasteiger partial charge in [0.15, 0.2) is 0 Å².